The Morgan fingerprint density at radius 1 is 0.733 bits per heavy atom. The highest BCUT2D eigenvalue weighted by atomic mass is 16.4. The van der Waals surface area contributed by atoms with Gasteiger partial charge in [0.2, 0.25) is 0 Å². The van der Waals surface area contributed by atoms with E-state index in [4.69, 9.17) is 0 Å². The molecule has 0 saturated carbocycles. The highest BCUT2D eigenvalue weighted by Gasteiger charge is 2.26. The second kappa shape index (κ2) is 11.5. The van der Waals surface area contributed by atoms with Crippen molar-refractivity contribution in [2.45, 2.75) is 106 Å². The molecule has 0 fully saturated rings. The molecule has 0 saturated heterocycles. The molecule has 170 valence electrons. The molecule has 0 spiro atoms. The van der Waals surface area contributed by atoms with E-state index in [2.05, 4.69) is 26.0 Å². The number of rotatable bonds is 14. The topological polar surface area (TPSA) is 74.6 Å². The normalized spacial score (nSPS) is 12.2. The van der Waals surface area contributed by atoms with Crippen LogP contribution in [0, 0.1) is 24.7 Å². The maximum atomic E-state index is 11.2. The summed E-state index contributed by atoms with van der Waals surface area (Å²) < 4.78 is 0. The number of benzene rings is 1. The third-order valence-electron chi connectivity index (χ3n) is 6.51. The van der Waals surface area contributed by atoms with Crippen molar-refractivity contribution in [1.29, 1.82) is 0 Å². The molecule has 0 heterocycles. The lowest BCUT2D eigenvalue weighted by Gasteiger charge is -2.19. The highest BCUT2D eigenvalue weighted by molar-refractivity contribution is 5.73. The van der Waals surface area contributed by atoms with Crippen LogP contribution in [0.3, 0.4) is 0 Å². The highest BCUT2D eigenvalue weighted by Crippen LogP contribution is 2.26. The zero-order chi connectivity index (χ0) is 22.9. The van der Waals surface area contributed by atoms with Crippen molar-refractivity contribution < 1.29 is 19.8 Å². The maximum Gasteiger partial charge on any atom is 0.309 e. The molecule has 1 rings (SSSR count). The molecular formula is C26H42O4. The summed E-state index contributed by atoms with van der Waals surface area (Å²) in [7, 11) is 0. The number of carboxylic acids is 2. The summed E-state index contributed by atoms with van der Waals surface area (Å²) in [5.41, 5.74) is 4.20. The van der Waals surface area contributed by atoms with Gasteiger partial charge in [-0.1, -0.05) is 37.8 Å². The fourth-order valence-corrected chi connectivity index (χ4v) is 3.76. The van der Waals surface area contributed by atoms with E-state index in [-0.39, 0.29) is 0 Å². The number of hydrogen-bond donors (Lipinski definition) is 2. The first-order chi connectivity index (χ1) is 13.9. The fraction of sp³-hybridized carbons (Fsp3) is 0.692. The number of hydrogen-bond acceptors (Lipinski definition) is 2. The minimum Gasteiger partial charge on any atom is -0.481 e. The number of aliphatic carboxylic acids is 2. The van der Waals surface area contributed by atoms with E-state index in [1.165, 1.54) is 22.3 Å². The van der Waals surface area contributed by atoms with Crippen LogP contribution in [0.5, 0.6) is 0 Å². The van der Waals surface area contributed by atoms with Crippen LogP contribution in [0.1, 0.15) is 101 Å². The van der Waals surface area contributed by atoms with Crippen LogP contribution in [0.15, 0.2) is 12.1 Å². The Morgan fingerprint density at radius 2 is 1.20 bits per heavy atom. The molecule has 0 unspecified atom stereocenters. The quantitative estimate of drug-likeness (QED) is 0.328. The summed E-state index contributed by atoms with van der Waals surface area (Å²) in [4.78, 5) is 22.4. The smallest absolute Gasteiger partial charge is 0.309 e. The Hall–Kier alpha value is -1.84. The van der Waals surface area contributed by atoms with Crippen LogP contribution in [-0.4, -0.2) is 22.2 Å². The van der Waals surface area contributed by atoms with Crippen LogP contribution < -0.4 is 0 Å². The monoisotopic (exact) mass is 418 g/mol. The Kier molecular flexibility index (Phi) is 10.1. The van der Waals surface area contributed by atoms with Crippen LogP contribution in [0.2, 0.25) is 0 Å². The van der Waals surface area contributed by atoms with Gasteiger partial charge in [0, 0.05) is 0 Å². The number of unbranched alkanes of at least 4 members (excludes halogenated alkanes) is 4. The Balaban J connectivity index is 2.47. The van der Waals surface area contributed by atoms with Gasteiger partial charge in [-0.3, -0.25) is 9.59 Å². The molecule has 4 heteroatoms. The Morgan fingerprint density at radius 3 is 1.73 bits per heavy atom. The third kappa shape index (κ3) is 8.49. The molecule has 0 bridgehead atoms. The molecule has 0 aliphatic carbocycles. The largest absolute Gasteiger partial charge is 0.481 e. The third-order valence-corrected chi connectivity index (χ3v) is 6.51. The van der Waals surface area contributed by atoms with Gasteiger partial charge in [0.25, 0.3) is 0 Å². The van der Waals surface area contributed by atoms with E-state index in [1.54, 1.807) is 27.7 Å². The van der Waals surface area contributed by atoms with Gasteiger partial charge in [-0.2, -0.15) is 0 Å². The second-order valence-corrected chi connectivity index (χ2v) is 10.2. The van der Waals surface area contributed by atoms with Crippen LogP contribution >= 0.6 is 0 Å². The lowest BCUT2D eigenvalue weighted by atomic mass is 9.86. The van der Waals surface area contributed by atoms with E-state index in [0.717, 1.165) is 57.8 Å². The number of carbonyl (C=O) groups is 2. The van der Waals surface area contributed by atoms with E-state index in [0.29, 0.717) is 6.42 Å². The molecule has 0 aliphatic rings. The van der Waals surface area contributed by atoms with Gasteiger partial charge in [0.05, 0.1) is 10.8 Å². The van der Waals surface area contributed by atoms with Crippen molar-refractivity contribution in [1.82, 2.24) is 0 Å². The van der Waals surface area contributed by atoms with Crippen molar-refractivity contribution in [3.8, 4) is 0 Å². The average molecular weight is 419 g/mol. The molecule has 1 aromatic rings. The van der Waals surface area contributed by atoms with Gasteiger partial charge in [-0.05, 0) is 102 Å². The van der Waals surface area contributed by atoms with Crippen molar-refractivity contribution in [3.63, 3.8) is 0 Å². The molecule has 4 nitrogen and oxygen atoms in total. The lowest BCUT2D eigenvalue weighted by Crippen LogP contribution is -2.23. The zero-order valence-corrected chi connectivity index (χ0v) is 19.9. The molecule has 0 amide bonds. The molecular weight excluding hydrogens is 376 g/mol. The summed E-state index contributed by atoms with van der Waals surface area (Å²) in [5.74, 6) is -1.43. The molecule has 0 radical (unpaired) electrons. The van der Waals surface area contributed by atoms with Gasteiger partial charge < -0.3 is 10.2 Å². The molecule has 0 atom stereocenters. The summed E-state index contributed by atoms with van der Waals surface area (Å²) in [5, 5.41) is 18.4. The zero-order valence-electron chi connectivity index (χ0n) is 19.9. The summed E-state index contributed by atoms with van der Waals surface area (Å²) in [6.45, 7) is 11.6. The standard InChI is InChI=1S/C26H42O4/c1-19-17-21(13-10-12-16-26(5,6)24(29)30)18-22(20(19)2)14-9-7-8-11-15-25(3,4)23(27)28/h17-18H,7-16H2,1-6H3,(H,27,28)(H,29,30). The minimum atomic E-state index is -0.720. The van der Waals surface area contributed by atoms with Crippen molar-refractivity contribution in [2.24, 2.45) is 10.8 Å². The van der Waals surface area contributed by atoms with Crippen molar-refractivity contribution >= 4 is 11.9 Å². The minimum absolute atomic E-state index is 0.623. The molecule has 2 N–H and O–H groups in total. The van der Waals surface area contributed by atoms with Gasteiger partial charge in [-0.25, -0.2) is 0 Å². The first-order valence-electron chi connectivity index (χ1n) is 11.4. The Labute approximate surface area is 183 Å². The molecule has 30 heavy (non-hydrogen) atoms. The average Bonchev–Trinajstić information content (AvgIpc) is 2.64. The predicted octanol–water partition coefficient (Wildman–Crippen LogP) is 6.73. The number of carboxylic acid groups (broad SMARTS) is 2. The van der Waals surface area contributed by atoms with Crippen LogP contribution in [0.25, 0.3) is 0 Å². The van der Waals surface area contributed by atoms with E-state index in [1.807, 2.05) is 0 Å². The van der Waals surface area contributed by atoms with Gasteiger partial charge in [0.1, 0.15) is 0 Å². The van der Waals surface area contributed by atoms with Gasteiger partial charge in [-0.15, -0.1) is 0 Å². The SMILES string of the molecule is Cc1cc(CCCCC(C)(C)C(=O)O)cc(CCCCCCC(C)(C)C(=O)O)c1C. The first kappa shape index (κ1) is 26.2. The van der Waals surface area contributed by atoms with Crippen molar-refractivity contribution in [2.75, 3.05) is 0 Å². The first-order valence-corrected chi connectivity index (χ1v) is 11.4. The Bertz CT molecular complexity index is 716. The molecule has 0 aromatic heterocycles. The summed E-state index contributed by atoms with van der Waals surface area (Å²) in [6.07, 6.45) is 9.73. The summed E-state index contributed by atoms with van der Waals surface area (Å²) >= 11 is 0. The van der Waals surface area contributed by atoms with Crippen molar-refractivity contribution in [3.05, 3.63) is 34.4 Å². The van der Waals surface area contributed by atoms with Gasteiger partial charge in [0.15, 0.2) is 0 Å². The second-order valence-electron chi connectivity index (χ2n) is 10.2. The molecule has 1 aromatic carbocycles. The summed E-state index contributed by atoms with van der Waals surface area (Å²) in [6, 6.07) is 4.60. The fourth-order valence-electron chi connectivity index (χ4n) is 3.76. The van der Waals surface area contributed by atoms with E-state index >= 15 is 0 Å². The molecule has 0 aliphatic heterocycles. The maximum absolute atomic E-state index is 11.2. The number of aryl methyl sites for hydroxylation is 3. The predicted molar refractivity (Wildman–Crippen MR) is 123 cm³/mol. The van der Waals surface area contributed by atoms with E-state index in [9.17, 15) is 19.8 Å². The lowest BCUT2D eigenvalue weighted by molar-refractivity contribution is -0.148. The van der Waals surface area contributed by atoms with E-state index < -0.39 is 22.8 Å². The van der Waals surface area contributed by atoms with Crippen LogP contribution in [0.4, 0.5) is 0 Å². The van der Waals surface area contributed by atoms with Gasteiger partial charge >= 0.3 is 11.9 Å². The van der Waals surface area contributed by atoms with Crippen LogP contribution in [-0.2, 0) is 22.4 Å².